The fraction of sp³-hybridized carbons (Fsp3) is 0.500. The fourth-order valence-electron chi connectivity index (χ4n) is 2.96. The Kier molecular flexibility index (Phi) is 6.07. The van der Waals surface area contributed by atoms with Crippen molar-refractivity contribution in [1.82, 2.24) is 20.0 Å². The van der Waals surface area contributed by atoms with Crippen molar-refractivity contribution >= 4 is 23.8 Å². The standard InChI is InChI=1S/C18H24N6O4/c1-4-27-18(26)24-7-5-13(6-8-24)20-17-19-11(2)9-14(21-17)16(25)22-15-10-12(3)28-23-15/h9-10,13H,4-8H2,1-3H3,(H,19,20,21)(H,22,23,25). The van der Waals surface area contributed by atoms with Crippen LogP contribution in [0.3, 0.4) is 0 Å². The minimum absolute atomic E-state index is 0.113. The first-order valence-electron chi connectivity index (χ1n) is 9.23. The van der Waals surface area contributed by atoms with Gasteiger partial charge in [-0.25, -0.2) is 14.8 Å². The van der Waals surface area contributed by atoms with Crippen molar-refractivity contribution in [3.8, 4) is 0 Å². The van der Waals surface area contributed by atoms with Gasteiger partial charge >= 0.3 is 6.09 Å². The van der Waals surface area contributed by atoms with Gasteiger partial charge in [-0.3, -0.25) is 4.79 Å². The van der Waals surface area contributed by atoms with Gasteiger partial charge in [-0.1, -0.05) is 5.16 Å². The Morgan fingerprint density at radius 1 is 1.25 bits per heavy atom. The highest BCUT2D eigenvalue weighted by atomic mass is 16.6. The number of piperidine rings is 1. The van der Waals surface area contributed by atoms with E-state index < -0.39 is 0 Å². The molecule has 2 aromatic heterocycles. The zero-order valence-corrected chi connectivity index (χ0v) is 16.2. The normalized spacial score (nSPS) is 14.6. The molecule has 0 unspecified atom stereocenters. The SMILES string of the molecule is CCOC(=O)N1CCC(Nc2nc(C)cc(C(=O)Nc3cc(C)on3)n2)CC1. The molecule has 10 heteroatoms. The van der Waals surface area contributed by atoms with Gasteiger partial charge in [0.25, 0.3) is 5.91 Å². The number of nitrogens with one attached hydrogen (secondary N) is 2. The van der Waals surface area contributed by atoms with Crippen LogP contribution >= 0.6 is 0 Å². The van der Waals surface area contributed by atoms with Gasteiger partial charge in [0.15, 0.2) is 5.82 Å². The molecule has 2 N–H and O–H groups in total. The van der Waals surface area contributed by atoms with E-state index >= 15 is 0 Å². The first-order valence-corrected chi connectivity index (χ1v) is 9.23. The maximum atomic E-state index is 12.4. The summed E-state index contributed by atoms with van der Waals surface area (Å²) in [5.74, 6) is 0.931. The predicted molar refractivity (Wildman–Crippen MR) is 101 cm³/mol. The molecule has 0 spiro atoms. The van der Waals surface area contributed by atoms with E-state index in [0.717, 1.165) is 12.8 Å². The van der Waals surface area contributed by atoms with Crippen molar-refractivity contribution in [2.45, 2.75) is 39.7 Å². The summed E-state index contributed by atoms with van der Waals surface area (Å²) in [4.78, 5) is 34.6. The van der Waals surface area contributed by atoms with E-state index in [1.54, 1.807) is 37.8 Å². The third-order valence-electron chi connectivity index (χ3n) is 4.31. The Balaban J connectivity index is 1.61. The van der Waals surface area contributed by atoms with Crippen LogP contribution in [0.2, 0.25) is 0 Å². The summed E-state index contributed by atoms with van der Waals surface area (Å²) in [5.41, 5.74) is 0.905. The molecule has 0 aromatic carbocycles. The molecule has 0 atom stereocenters. The Morgan fingerprint density at radius 2 is 2.00 bits per heavy atom. The van der Waals surface area contributed by atoms with Crippen molar-refractivity contribution in [2.75, 3.05) is 30.3 Å². The second-order valence-electron chi connectivity index (χ2n) is 6.60. The summed E-state index contributed by atoms with van der Waals surface area (Å²) in [6.45, 7) is 6.90. The van der Waals surface area contributed by atoms with Crippen LogP contribution < -0.4 is 10.6 Å². The lowest BCUT2D eigenvalue weighted by Crippen LogP contribution is -2.42. The molecular weight excluding hydrogens is 364 g/mol. The van der Waals surface area contributed by atoms with Crippen LogP contribution in [0.4, 0.5) is 16.6 Å². The summed E-state index contributed by atoms with van der Waals surface area (Å²) in [6.07, 6.45) is 1.21. The molecule has 10 nitrogen and oxygen atoms in total. The van der Waals surface area contributed by atoms with E-state index in [4.69, 9.17) is 9.26 Å². The molecule has 2 aromatic rings. The van der Waals surface area contributed by atoms with Gasteiger partial charge in [0.1, 0.15) is 11.5 Å². The molecule has 2 amide bonds. The number of carbonyl (C=O) groups is 2. The number of nitrogens with zero attached hydrogens (tertiary/aromatic N) is 4. The minimum atomic E-state index is -0.390. The van der Waals surface area contributed by atoms with Crippen LogP contribution in [0, 0.1) is 13.8 Å². The van der Waals surface area contributed by atoms with Gasteiger partial charge in [0.05, 0.1) is 6.61 Å². The first kappa shape index (κ1) is 19.6. The zero-order chi connectivity index (χ0) is 20.1. The second-order valence-corrected chi connectivity index (χ2v) is 6.60. The molecule has 150 valence electrons. The van der Waals surface area contributed by atoms with E-state index in [1.165, 1.54) is 0 Å². The molecule has 0 bridgehead atoms. The van der Waals surface area contributed by atoms with Crippen LogP contribution in [0.5, 0.6) is 0 Å². The zero-order valence-electron chi connectivity index (χ0n) is 16.2. The second kappa shape index (κ2) is 8.68. The van der Waals surface area contributed by atoms with E-state index in [2.05, 4.69) is 25.8 Å². The third-order valence-corrected chi connectivity index (χ3v) is 4.31. The molecule has 28 heavy (non-hydrogen) atoms. The molecule has 3 rings (SSSR count). The highest BCUT2D eigenvalue weighted by molar-refractivity contribution is 6.02. The first-order chi connectivity index (χ1) is 13.4. The molecule has 1 saturated heterocycles. The maximum Gasteiger partial charge on any atom is 0.409 e. The van der Waals surface area contributed by atoms with Gasteiger partial charge in [0, 0.05) is 30.9 Å². The Bertz CT molecular complexity index is 844. The number of aromatic nitrogens is 3. The summed E-state index contributed by atoms with van der Waals surface area (Å²) < 4.78 is 9.97. The topological polar surface area (TPSA) is 122 Å². The predicted octanol–water partition coefficient (Wildman–Crippen LogP) is 2.37. The van der Waals surface area contributed by atoms with Crippen LogP contribution in [-0.2, 0) is 4.74 Å². The highest BCUT2D eigenvalue weighted by Gasteiger charge is 2.24. The highest BCUT2D eigenvalue weighted by Crippen LogP contribution is 2.16. The lowest BCUT2D eigenvalue weighted by Gasteiger charge is -2.31. The lowest BCUT2D eigenvalue weighted by molar-refractivity contribution is 0.0980. The summed E-state index contributed by atoms with van der Waals surface area (Å²) in [6, 6.07) is 3.35. The smallest absolute Gasteiger partial charge is 0.409 e. The third kappa shape index (κ3) is 4.96. The van der Waals surface area contributed by atoms with Gasteiger partial charge < -0.3 is 24.8 Å². The van der Waals surface area contributed by atoms with Crippen LogP contribution in [-0.4, -0.2) is 57.8 Å². The summed E-state index contributed by atoms with van der Waals surface area (Å²) >= 11 is 0. The molecule has 0 radical (unpaired) electrons. The number of hydrogen-bond acceptors (Lipinski definition) is 8. The average molecular weight is 388 g/mol. The van der Waals surface area contributed by atoms with Crippen molar-refractivity contribution in [3.63, 3.8) is 0 Å². The van der Waals surface area contributed by atoms with E-state index in [0.29, 0.717) is 42.9 Å². The maximum absolute atomic E-state index is 12.4. The molecule has 0 aliphatic carbocycles. The number of likely N-dealkylation sites (tertiary alicyclic amines) is 1. The van der Waals surface area contributed by atoms with Crippen molar-refractivity contribution in [3.05, 3.63) is 29.3 Å². The van der Waals surface area contributed by atoms with Gasteiger partial charge in [-0.15, -0.1) is 0 Å². The monoisotopic (exact) mass is 388 g/mol. The number of rotatable bonds is 5. The number of hydrogen-bond donors (Lipinski definition) is 2. The van der Waals surface area contributed by atoms with Gasteiger partial charge in [-0.05, 0) is 39.7 Å². The quantitative estimate of drug-likeness (QED) is 0.800. The molecule has 0 saturated carbocycles. The van der Waals surface area contributed by atoms with Gasteiger partial charge in [-0.2, -0.15) is 0 Å². The average Bonchev–Trinajstić information content (AvgIpc) is 3.06. The van der Waals surface area contributed by atoms with Crippen molar-refractivity contribution in [1.29, 1.82) is 0 Å². The lowest BCUT2D eigenvalue weighted by atomic mass is 10.1. The number of aryl methyl sites for hydroxylation is 2. The van der Waals surface area contributed by atoms with Crippen molar-refractivity contribution in [2.24, 2.45) is 0 Å². The Morgan fingerprint density at radius 3 is 2.64 bits per heavy atom. The summed E-state index contributed by atoms with van der Waals surface area (Å²) in [7, 11) is 0. The largest absolute Gasteiger partial charge is 0.450 e. The Labute approximate surface area is 162 Å². The van der Waals surface area contributed by atoms with Crippen LogP contribution in [0.15, 0.2) is 16.7 Å². The number of carbonyl (C=O) groups excluding carboxylic acids is 2. The minimum Gasteiger partial charge on any atom is -0.450 e. The van der Waals surface area contributed by atoms with E-state index in [-0.39, 0.29) is 23.7 Å². The van der Waals surface area contributed by atoms with Crippen LogP contribution in [0.25, 0.3) is 0 Å². The van der Waals surface area contributed by atoms with E-state index in [9.17, 15) is 9.59 Å². The van der Waals surface area contributed by atoms with E-state index in [1.807, 2.05) is 0 Å². The molecular formula is C18H24N6O4. The van der Waals surface area contributed by atoms with Gasteiger partial charge in [0.2, 0.25) is 5.95 Å². The molecule has 3 heterocycles. The number of amides is 2. The molecule has 1 fully saturated rings. The molecule has 1 aliphatic heterocycles. The van der Waals surface area contributed by atoms with Crippen molar-refractivity contribution < 1.29 is 18.8 Å². The fourth-order valence-corrected chi connectivity index (χ4v) is 2.96. The summed E-state index contributed by atoms with van der Waals surface area (Å²) in [5, 5.41) is 9.65. The number of ether oxygens (including phenoxy) is 1. The number of anilines is 2. The Hall–Kier alpha value is -3.17. The molecule has 1 aliphatic rings. The van der Waals surface area contributed by atoms with Crippen LogP contribution in [0.1, 0.15) is 41.7 Å².